The van der Waals surface area contributed by atoms with Crippen LogP contribution in [0.2, 0.25) is 0 Å². The van der Waals surface area contributed by atoms with E-state index < -0.39 is 10.0 Å². The first-order valence-electron chi connectivity index (χ1n) is 6.50. The molecule has 1 aromatic carbocycles. The molecule has 0 aliphatic heterocycles. The predicted molar refractivity (Wildman–Crippen MR) is 79.1 cm³/mol. The fraction of sp³-hybridized carbons (Fsp3) is 0.357. The Bertz CT molecular complexity index is 550. The van der Waals surface area contributed by atoms with E-state index in [0.717, 1.165) is 12.8 Å². The number of hydrogen-bond donors (Lipinski definition) is 2. The standard InChI is InChI=1S/C14H20N2O3S/c1-3-5-11-16-20(18,19)13-8-6-12(7-9-13)14(17)15-10-4-2/h4,6-9,16H,2-3,5,10-11H2,1H3,(H,15,17). The van der Waals surface area contributed by atoms with E-state index >= 15 is 0 Å². The Morgan fingerprint density at radius 3 is 2.50 bits per heavy atom. The summed E-state index contributed by atoms with van der Waals surface area (Å²) in [4.78, 5) is 11.8. The van der Waals surface area contributed by atoms with Crippen LogP contribution in [0.4, 0.5) is 0 Å². The second-order valence-electron chi connectivity index (χ2n) is 4.27. The minimum Gasteiger partial charge on any atom is -0.349 e. The minimum absolute atomic E-state index is 0.161. The van der Waals surface area contributed by atoms with Gasteiger partial charge in [-0.2, -0.15) is 0 Å². The summed E-state index contributed by atoms with van der Waals surface area (Å²) in [7, 11) is -3.49. The maximum absolute atomic E-state index is 11.9. The van der Waals surface area contributed by atoms with Gasteiger partial charge in [-0.3, -0.25) is 4.79 Å². The molecule has 0 unspecified atom stereocenters. The maximum Gasteiger partial charge on any atom is 0.251 e. The highest BCUT2D eigenvalue weighted by molar-refractivity contribution is 7.89. The minimum atomic E-state index is -3.49. The lowest BCUT2D eigenvalue weighted by atomic mass is 10.2. The highest BCUT2D eigenvalue weighted by atomic mass is 32.2. The molecule has 2 N–H and O–H groups in total. The van der Waals surface area contributed by atoms with Gasteiger partial charge < -0.3 is 5.32 Å². The number of nitrogens with one attached hydrogen (secondary N) is 2. The van der Waals surface area contributed by atoms with Gasteiger partial charge in [-0.1, -0.05) is 19.4 Å². The smallest absolute Gasteiger partial charge is 0.251 e. The van der Waals surface area contributed by atoms with Crippen molar-refractivity contribution in [1.82, 2.24) is 10.0 Å². The summed E-state index contributed by atoms with van der Waals surface area (Å²) >= 11 is 0. The molecule has 0 saturated heterocycles. The van der Waals surface area contributed by atoms with Gasteiger partial charge in [0.25, 0.3) is 5.91 Å². The number of sulfonamides is 1. The molecule has 1 aromatic rings. The van der Waals surface area contributed by atoms with E-state index in [1.165, 1.54) is 24.3 Å². The van der Waals surface area contributed by atoms with Crippen LogP contribution >= 0.6 is 0 Å². The molecule has 0 aromatic heterocycles. The van der Waals surface area contributed by atoms with Gasteiger partial charge in [0.2, 0.25) is 10.0 Å². The number of amides is 1. The van der Waals surface area contributed by atoms with E-state index in [1.54, 1.807) is 6.08 Å². The molecule has 0 fully saturated rings. The zero-order valence-corrected chi connectivity index (χ0v) is 12.4. The van der Waals surface area contributed by atoms with Gasteiger partial charge in [-0.05, 0) is 30.7 Å². The third-order valence-electron chi connectivity index (χ3n) is 2.66. The summed E-state index contributed by atoms with van der Waals surface area (Å²) < 4.78 is 26.4. The first kappa shape index (κ1) is 16.4. The third-order valence-corrected chi connectivity index (χ3v) is 4.13. The Hall–Kier alpha value is -1.66. The molecule has 0 aliphatic rings. The van der Waals surface area contributed by atoms with Crippen LogP contribution in [-0.4, -0.2) is 27.4 Å². The van der Waals surface area contributed by atoms with Crippen LogP contribution in [-0.2, 0) is 10.0 Å². The van der Waals surface area contributed by atoms with E-state index in [2.05, 4.69) is 16.6 Å². The van der Waals surface area contributed by atoms with Crippen LogP contribution in [0.1, 0.15) is 30.1 Å². The molecular formula is C14H20N2O3S. The largest absolute Gasteiger partial charge is 0.349 e. The van der Waals surface area contributed by atoms with Gasteiger partial charge in [0.05, 0.1) is 4.90 Å². The van der Waals surface area contributed by atoms with Crippen LogP contribution in [0.5, 0.6) is 0 Å². The van der Waals surface area contributed by atoms with Gasteiger partial charge in [0.1, 0.15) is 0 Å². The molecule has 0 saturated carbocycles. The number of carbonyl (C=O) groups excluding carboxylic acids is 1. The van der Waals surface area contributed by atoms with E-state index in [0.29, 0.717) is 18.7 Å². The monoisotopic (exact) mass is 296 g/mol. The van der Waals surface area contributed by atoms with E-state index in [4.69, 9.17) is 0 Å². The molecule has 0 atom stereocenters. The van der Waals surface area contributed by atoms with Crippen molar-refractivity contribution in [2.75, 3.05) is 13.1 Å². The third kappa shape index (κ3) is 4.79. The molecule has 1 rings (SSSR count). The van der Waals surface area contributed by atoms with Crippen LogP contribution in [0.25, 0.3) is 0 Å². The van der Waals surface area contributed by atoms with E-state index in [-0.39, 0.29) is 10.8 Å². The van der Waals surface area contributed by atoms with Crippen molar-refractivity contribution in [3.05, 3.63) is 42.5 Å². The molecule has 20 heavy (non-hydrogen) atoms. The van der Waals surface area contributed by atoms with Gasteiger partial charge in [0.15, 0.2) is 0 Å². The summed E-state index contributed by atoms with van der Waals surface area (Å²) in [5.41, 5.74) is 0.416. The lowest BCUT2D eigenvalue weighted by molar-refractivity contribution is 0.0958. The summed E-state index contributed by atoms with van der Waals surface area (Å²) in [5.74, 6) is -0.257. The number of carbonyl (C=O) groups is 1. The summed E-state index contributed by atoms with van der Waals surface area (Å²) in [6.07, 6.45) is 3.29. The molecular weight excluding hydrogens is 276 g/mol. The second-order valence-corrected chi connectivity index (χ2v) is 6.04. The van der Waals surface area contributed by atoms with E-state index in [1.807, 2.05) is 6.92 Å². The first-order valence-corrected chi connectivity index (χ1v) is 7.98. The molecule has 6 heteroatoms. The second kappa shape index (κ2) is 7.81. The zero-order valence-electron chi connectivity index (χ0n) is 11.6. The zero-order chi connectivity index (χ0) is 15.0. The summed E-state index contributed by atoms with van der Waals surface area (Å²) in [6.45, 7) is 6.29. The predicted octanol–water partition coefficient (Wildman–Crippen LogP) is 1.68. The highest BCUT2D eigenvalue weighted by Gasteiger charge is 2.13. The number of hydrogen-bond acceptors (Lipinski definition) is 3. The maximum atomic E-state index is 11.9. The molecule has 0 spiro atoms. The van der Waals surface area contributed by atoms with Crippen molar-refractivity contribution in [2.45, 2.75) is 24.7 Å². The van der Waals surface area contributed by atoms with Crippen molar-refractivity contribution in [2.24, 2.45) is 0 Å². The first-order chi connectivity index (χ1) is 9.51. The van der Waals surface area contributed by atoms with Crippen LogP contribution < -0.4 is 10.0 Å². The molecule has 110 valence electrons. The Kier molecular flexibility index (Phi) is 6.41. The fourth-order valence-corrected chi connectivity index (χ4v) is 2.59. The Morgan fingerprint density at radius 1 is 1.30 bits per heavy atom. The van der Waals surface area contributed by atoms with Gasteiger partial charge in [-0.25, -0.2) is 13.1 Å². The van der Waals surface area contributed by atoms with Gasteiger partial charge >= 0.3 is 0 Å². The lowest BCUT2D eigenvalue weighted by Gasteiger charge is -2.07. The Morgan fingerprint density at radius 2 is 1.95 bits per heavy atom. The van der Waals surface area contributed by atoms with Gasteiger partial charge in [-0.15, -0.1) is 6.58 Å². The summed E-state index contributed by atoms with van der Waals surface area (Å²) in [5, 5.41) is 2.63. The van der Waals surface area contributed by atoms with Crippen molar-refractivity contribution in [1.29, 1.82) is 0 Å². The van der Waals surface area contributed by atoms with Crippen LogP contribution in [0, 0.1) is 0 Å². The summed E-state index contributed by atoms with van der Waals surface area (Å²) in [6, 6.07) is 5.84. The number of benzene rings is 1. The molecule has 0 heterocycles. The topological polar surface area (TPSA) is 75.3 Å². The molecule has 5 nitrogen and oxygen atoms in total. The normalized spacial score (nSPS) is 11.1. The van der Waals surface area contributed by atoms with E-state index in [9.17, 15) is 13.2 Å². The SMILES string of the molecule is C=CCNC(=O)c1ccc(S(=O)(=O)NCCCC)cc1. The number of rotatable bonds is 8. The fourth-order valence-electron chi connectivity index (χ4n) is 1.52. The Balaban J connectivity index is 2.75. The average Bonchev–Trinajstić information content (AvgIpc) is 2.45. The molecule has 0 aliphatic carbocycles. The number of unbranched alkanes of at least 4 members (excludes halogenated alkanes) is 1. The molecule has 0 radical (unpaired) electrons. The quantitative estimate of drug-likeness (QED) is 0.566. The van der Waals surface area contributed by atoms with Crippen molar-refractivity contribution in [3.8, 4) is 0 Å². The molecule has 1 amide bonds. The highest BCUT2D eigenvalue weighted by Crippen LogP contribution is 2.10. The van der Waals surface area contributed by atoms with Gasteiger partial charge in [0, 0.05) is 18.7 Å². The Labute approximate surface area is 120 Å². The lowest BCUT2D eigenvalue weighted by Crippen LogP contribution is -2.25. The van der Waals surface area contributed by atoms with Crippen molar-refractivity contribution < 1.29 is 13.2 Å². The van der Waals surface area contributed by atoms with Crippen molar-refractivity contribution in [3.63, 3.8) is 0 Å². The van der Waals surface area contributed by atoms with Crippen LogP contribution in [0.15, 0.2) is 41.8 Å². The average molecular weight is 296 g/mol. The molecule has 0 bridgehead atoms. The van der Waals surface area contributed by atoms with Crippen molar-refractivity contribution >= 4 is 15.9 Å². The van der Waals surface area contributed by atoms with Crippen LogP contribution in [0.3, 0.4) is 0 Å².